The molecule has 0 radical (unpaired) electrons. The van der Waals surface area contributed by atoms with Crippen molar-refractivity contribution < 1.29 is 9.53 Å². The van der Waals surface area contributed by atoms with Gasteiger partial charge in [-0.1, -0.05) is 23.7 Å². The molecule has 0 aromatic heterocycles. The lowest BCUT2D eigenvalue weighted by molar-refractivity contribution is -0.123. The zero-order valence-corrected chi connectivity index (χ0v) is 14.7. The summed E-state index contributed by atoms with van der Waals surface area (Å²) in [5, 5.41) is 7.14. The quantitative estimate of drug-likeness (QED) is 0.869. The van der Waals surface area contributed by atoms with Gasteiger partial charge in [-0.05, 0) is 49.9 Å². The summed E-state index contributed by atoms with van der Waals surface area (Å²) in [5.74, 6) is 0.116. The number of carbonyl (C=O) groups is 1. The summed E-state index contributed by atoms with van der Waals surface area (Å²) in [6.07, 6.45) is 3.82. The Morgan fingerprint density at radius 3 is 2.83 bits per heavy atom. The molecule has 2 saturated heterocycles. The fourth-order valence-corrected chi connectivity index (χ4v) is 3.63. The molecule has 6 heteroatoms. The Bertz CT molecular complexity index is 527. The van der Waals surface area contributed by atoms with Gasteiger partial charge in [0.1, 0.15) is 0 Å². The van der Waals surface area contributed by atoms with E-state index in [0.29, 0.717) is 6.54 Å². The summed E-state index contributed by atoms with van der Waals surface area (Å²) in [6.45, 7) is 3.03. The molecule has 2 heterocycles. The Kier molecular flexibility index (Phi) is 6.72. The van der Waals surface area contributed by atoms with Crippen LogP contribution in [0.25, 0.3) is 0 Å². The third-order valence-corrected chi connectivity index (χ3v) is 5.10. The predicted molar refractivity (Wildman–Crippen MR) is 94.5 cm³/mol. The molecule has 0 bridgehead atoms. The third-order valence-electron chi connectivity index (χ3n) is 4.86. The molecule has 0 aliphatic carbocycles. The van der Waals surface area contributed by atoms with E-state index in [1.165, 1.54) is 5.56 Å². The lowest BCUT2D eigenvalue weighted by atomic mass is 9.74. The standard InChI is InChI=1S/C17H23ClN2O2.ClH/c18-14-4-1-3-13(11-14)17(6-9-22-10-7-17)12-20-16(21)15-5-2-8-19-15;/h1,3-4,11,15,19H,2,5-10,12H2,(H,20,21);1H. The molecule has 2 aliphatic rings. The number of ether oxygens (including phenoxy) is 1. The molecule has 1 unspecified atom stereocenters. The predicted octanol–water partition coefficient (Wildman–Crippen LogP) is 2.68. The summed E-state index contributed by atoms with van der Waals surface area (Å²) in [5.41, 5.74) is 1.13. The van der Waals surface area contributed by atoms with E-state index in [4.69, 9.17) is 16.3 Å². The first-order chi connectivity index (χ1) is 10.7. The van der Waals surface area contributed by atoms with E-state index >= 15 is 0 Å². The molecule has 1 amide bonds. The largest absolute Gasteiger partial charge is 0.381 e. The van der Waals surface area contributed by atoms with Crippen LogP contribution in [-0.2, 0) is 14.9 Å². The van der Waals surface area contributed by atoms with Gasteiger partial charge in [-0.2, -0.15) is 0 Å². The zero-order chi connectivity index (χ0) is 15.4. The fourth-order valence-electron chi connectivity index (χ4n) is 3.44. The molecule has 2 aliphatic heterocycles. The number of rotatable bonds is 4. The summed E-state index contributed by atoms with van der Waals surface area (Å²) >= 11 is 6.16. The second-order valence-corrected chi connectivity index (χ2v) is 6.71. The highest BCUT2D eigenvalue weighted by Gasteiger charge is 2.35. The number of benzene rings is 1. The van der Waals surface area contributed by atoms with Crippen LogP contribution in [0.4, 0.5) is 0 Å². The lowest BCUT2D eigenvalue weighted by Crippen LogP contribution is -2.48. The van der Waals surface area contributed by atoms with Crippen LogP contribution in [0.2, 0.25) is 5.02 Å². The molecule has 2 fully saturated rings. The SMILES string of the molecule is Cl.O=C(NCC1(c2cccc(Cl)c2)CCOCC1)C1CCCN1. The van der Waals surface area contributed by atoms with Crippen molar-refractivity contribution in [2.45, 2.75) is 37.1 Å². The van der Waals surface area contributed by atoms with Gasteiger partial charge >= 0.3 is 0 Å². The number of nitrogens with one attached hydrogen (secondary N) is 2. The molecule has 1 atom stereocenters. The summed E-state index contributed by atoms with van der Waals surface area (Å²) in [6, 6.07) is 7.97. The van der Waals surface area contributed by atoms with Crippen molar-refractivity contribution in [2.24, 2.45) is 0 Å². The molecular formula is C17H24Cl2N2O2. The monoisotopic (exact) mass is 358 g/mol. The van der Waals surface area contributed by atoms with Gasteiger partial charge in [0.05, 0.1) is 6.04 Å². The molecule has 1 aromatic carbocycles. The van der Waals surface area contributed by atoms with E-state index in [0.717, 1.165) is 50.5 Å². The van der Waals surface area contributed by atoms with Crippen molar-refractivity contribution in [3.8, 4) is 0 Å². The van der Waals surface area contributed by atoms with Gasteiger partial charge in [0.2, 0.25) is 5.91 Å². The molecular weight excluding hydrogens is 335 g/mol. The van der Waals surface area contributed by atoms with Crippen LogP contribution in [0, 0.1) is 0 Å². The van der Waals surface area contributed by atoms with Crippen LogP contribution in [-0.4, -0.2) is 38.3 Å². The van der Waals surface area contributed by atoms with Crippen LogP contribution >= 0.6 is 24.0 Å². The molecule has 1 aromatic rings. The van der Waals surface area contributed by atoms with Crippen molar-refractivity contribution in [3.63, 3.8) is 0 Å². The first-order valence-corrected chi connectivity index (χ1v) is 8.42. The Balaban J connectivity index is 0.00000192. The summed E-state index contributed by atoms with van der Waals surface area (Å²) in [7, 11) is 0. The van der Waals surface area contributed by atoms with Gasteiger partial charge in [0, 0.05) is 30.2 Å². The smallest absolute Gasteiger partial charge is 0.237 e. The van der Waals surface area contributed by atoms with Crippen LogP contribution in [0.15, 0.2) is 24.3 Å². The number of amides is 1. The molecule has 3 rings (SSSR count). The lowest BCUT2D eigenvalue weighted by Gasteiger charge is -2.38. The highest BCUT2D eigenvalue weighted by Crippen LogP contribution is 2.35. The normalized spacial score (nSPS) is 23.1. The topological polar surface area (TPSA) is 50.4 Å². The van der Waals surface area contributed by atoms with Gasteiger partial charge in [-0.15, -0.1) is 12.4 Å². The Morgan fingerprint density at radius 2 is 2.17 bits per heavy atom. The number of halogens is 2. The molecule has 2 N–H and O–H groups in total. The Labute approximate surface area is 148 Å². The second-order valence-electron chi connectivity index (χ2n) is 6.27. The minimum Gasteiger partial charge on any atom is -0.381 e. The number of carbonyl (C=O) groups excluding carboxylic acids is 1. The summed E-state index contributed by atoms with van der Waals surface area (Å²) in [4.78, 5) is 12.3. The van der Waals surface area contributed by atoms with Crippen molar-refractivity contribution >= 4 is 29.9 Å². The first kappa shape index (κ1) is 18.5. The second kappa shape index (κ2) is 8.34. The minimum absolute atomic E-state index is 0. The Hall–Kier alpha value is -0.810. The van der Waals surface area contributed by atoms with Crippen molar-refractivity contribution in [1.82, 2.24) is 10.6 Å². The maximum atomic E-state index is 12.3. The number of hydrogen-bond donors (Lipinski definition) is 2. The average Bonchev–Trinajstić information content (AvgIpc) is 3.08. The van der Waals surface area contributed by atoms with Crippen LogP contribution in [0.1, 0.15) is 31.2 Å². The fraction of sp³-hybridized carbons (Fsp3) is 0.588. The number of hydrogen-bond acceptors (Lipinski definition) is 3. The van der Waals surface area contributed by atoms with Crippen LogP contribution < -0.4 is 10.6 Å². The van der Waals surface area contributed by atoms with E-state index in [9.17, 15) is 4.79 Å². The van der Waals surface area contributed by atoms with Crippen molar-refractivity contribution in [3.05, 3.63) is 34.9 Å². The molecule has 128 valence electrons. The molecule has 0 saturated carbocycles. The van der Waals surface area contributed by atoms with Crippen LogP contribution in [0.5, 0.6) is 0 Å². The summed E-state index contributed by atoms with van der Waals surface area (Å²) < 4.78 is 5.53. The van der Waals surface area contributed by atoms with E-state index in [2.05, 4.69) is 16.7 Å². The zero-order valence-electron chi connectivity index (χ0n) is 13.1. The van der Waals surface area contributed by atoms with E-state index in [1.54, 1.807) is 0 Å². The van der Waals surface area contributed by atoms with Gasteiger partial charge in [-0.25, -0.2) is 0 Å². The van der Waals surface area contributed by atoms with Gasteiger partial charge in [-0.3, -0.25) is 4.79 Å². The maximum Gasteiger partial charge on any atom is 0.237 e. The van der Waals surface area contributed by atoms with Crippen LogP contribution in [0.3, 0.4) is 0 Å². The minimum atomic E-state index is -0.0720. The van der Waals surface area contributed by atoms with E-state index < -0.39 is 0 Å². The highest BCUT2D eigenvalue weighted by molar-refractivity contribution is 6.30. The van der Waals surface area contributed by atoms with E-state index in [1.807, 2.05) is 18.2 Å². The highest BCUT2D eigenvalue weighted by atomic mass is 35.5. The van der Waals surface area contributed by atoms with Gasteiger partial charge < -0.3 is 15.4 Å². The van der Waals surface area contributed by atoms with Crippen molar-refractivity contribution in [1.29, 1.82) is 0 Å². The first-order valence-electron chi connectivity index (χ1n) is 8.05. The van der Waals surface area contributed by atoms with Gasteiger partial charge in [0.15, 0.2) is 0 Å². The Morgan fingerprint density at radius 1 is 1.39 bits per heavy atom. The molecule has 0 spiro atoms. The van der Waals surface area contributed by atoms with E-state index in [-0.39, 0.29) is 29.8 Å². The molecule has 23 heavy (non-hydrogen) atoms. The maximum absolute atomic E-state index is 12.3. The molecule has 4 nitrogen and oxygen atoms in total. The van der Waals surface area contributed by atoms with Gasteiger partial charge in [0.25, 0.3) is 0 Å². The average molecular weight is 359 g/mol. The third kappa shape index (κ3) is 4.38. The van der Waals surface area contributed by atoms with Crippen molar-refractivity contribution in [2.75, 3.05) is 26.3 Å².